The maximum Gasteiger partial charge on any atom is 0.333 e. The highest BCUT2D eigenvalue weighted by Gasteiger charge is 2.09. The van der Waals surface area contributed by atoms with Crippen molar-refractivity contribution in [2.24, 2.45) is 0 Å². The minimum absolute atomic E-state index is 0.0108. The van der Waals surface area contributed by atoms with Gasteiger partial charge in [-0.15, -0.1) is 0 Å². The number of carbonyl (C=O) groups is 1. The van der Waals surface area contributed by atoms with Crippen LogP contribution in [0, 0.1) is 6.92 Å². The SMILES string of the molecule is C=C(C)C(=O)OCCCCCCOc1ccc2c(C)cc(=O)n(Cc3ccccc3)c2c1. The lowest BCUT2D eigenvalue weighted by Gasteiger charge is -2.14. The van der Waals surface area contributed by atoms with Crippen molar-refractivity contribution in [2.45, 2.75) is 46.1 Å². The van der Waals surface area contributed by atoms with Gasteiger partial charge in [0.15, 0.2) is 0 Å². The molecule has 0 aliphatic carbocycles. The van der Waals surface area contributed by atoms with Crippen LogP contribution in [0.15, 0.2) is 71.5 Å². The number of aromatic nitrogens is 1. The van der Waals surface area contributed by atoms with E-state index in [1.807, 2.05) is 55.5 Å². The van der Waals surface area contributed by atoms with Crippen molar-refractivity contribution in [1.82, 2.24) is 4.57 Å². The van der Waals surface area contributed by atoms with Gasteiger partial charge in [-0.2, -0.15) is 0 Å². The smallest absolute Gasteiger partial charge is 0.333 e. The van der Waals surface area contributed by atoms with E-state index in [1.54, 1.807) is 17.6 Å². The average Bonchev–Trinajstić information content (AvgIpc) is 2.78. The fraction of sp³-hybridized carbons (Fsp3) is 0.333. The maximum atomic E-state index is 12.7. The Morgan fingerprint density at radius 1 is 0.969 bits per heavy atom. The molecule has 0 saturated heterocycles. The summed E-state index contributed by atoms with van der Waals surface area (Å²) in [5.74, 6) is 0.435. The molecule has 3 aromatic rings. The van der Waals surface area contributed by atoms with Crippen molar-refractivity contribution in [3.8, 4) is 5.75 Å². The Labute approximate surface area is 189 Å². The second kappa shape index (κ2) is 11.3. The fourth-order valence-electron chi connectivity index (χ4n) is 3.58. The van der Waals surface area contributed by atoms with Gasteiger partial charge in [-0.05, 0) is 62.8 Å². The Bertz CT molecular complexity index is 1130. The van der Waals surface area contributed by atoms with Crippen LogP contribution < -0.4 is 10.3 Å². The third-order valence-corrected chi connectivity index (χ3v) is 5.36. The summed E-state index contributed by atoms with van der Waals surface area (Å²) in [4.78, 5) is 24.1. The number of esters is 1. The molecule has 0 radical (unpaired) electrons. The number of fused-ring (bicyclic) bond motifs is 1. The first-order valence-electron chi connectivity index (χ1n) is 11.1. The van der Waals surface area contributed by atoms with Crippen LogP contribution in [0.5, 0.6) is 5.75 Å². The predicted octanol–water partition coefficient (Wildman–Crippen LogP) is 5.42. The molecule has 0 amide bonds. The third kappa shape index (κ3) is 6.33. The van der Waals surface area contributed by atoms with Crippen LogP contribution in [-0.2, 0) is 16.1 Å². The van der Waals surface area contributed by atoms with E-state index in [2.05, 4.69) is 6.58 Å². The Morgan fingerprint density at radius 3 is 2.41 bits per heavy atom. The van der Waals surface area contributed by atoms with E-state index < -0.39 is 0 Å². The number of ether oxygens (including phenoxy) is 2. The zero-order chi connectivity index (χ0) is 22.9. The molecule has 3 rings (SSSR count). The molecule has 0 unspecified atom stereocenters. The van der Waals surface area contributed by atoms with Gasteiger partial charge in [-0.1, -0.05) is 36.9 Å². The van der Waals surface area contributed by atoms with Crippen LogP contribution in [0.2, 0.25) is 0 Å². The van der Waals surface area contributed by atoms with E-state index in [0.717, 1.165) is 53.5 Å². The molecule has 0 atom stereocenters. The zero-order valence-electron chi connectivity index (χ0n) is 18.9. The maximum absolute atomic E-state index is 12.7. The summed E-state index contributed by atoms with van der Waals surface area (Å²) in [5, 5.41) is 1.05. The number of benzene rings is 2. The van der Waals surface area contributed by atoms with Gasteiger partial charge in [0.1, 0.15) is 5.75 Å². The first-order chi connectivity index (χ1) is 15.5. The summed E-state index contributed by atoms with van der Waals surface area (Å²) in [6, 6.07) is 17.6. The fourth-order valence-corrected chi connectivity index (χ4v) is 3.58. The molecule has 0 saturated carbocycles. The number of rotatable bonds is 11. The van der Waals surface area contributed by atoms with Crippen LogP contribution >= 0.6 is 0 Å². The van der Waals surface area contributed by atoms with Crippen LogP contribution in [0.25, 0.3) is 10.9 Å². The Hall–Kier alpha value is -3.34. The molecule has 168 valence electrons. The lowest BCUT2D eigenvalue weighted by atomic mass is 10.1. The molecule has 5 nitrogen and oxygen atoms in total. The van der Waals surface area contributed by atoms with E-state index in [9.17, 15) is 9.59 Å². The minimum Gasteiger partial charge on any atom is -0.494 e. The van der Waals surface area contributed by atoms with Crippen molar-refractivity contribution in [3.05, 3.63) is 88.2 Å². The molecule has 32 heavy (non-hydrogen) atoms. The molecule has 1 heterocycles. The molecular formula is C27H31NO4. The summed E-state index contributed by atoms with van der Waals surface area (Å²) >= 11 is 0. The summed E-state index contributed by atoms with van der Waals surface area (Å²) in [7, 11) is 0. The Balaban J connectivity index is 1.57. The van der Waals surface area contributed by atoms with E-state index in [1.165, 1.54) is 0 Å². The van der Waals surface area contributed by atoms with Gasteiger partial charge in [-0.25, -0.2) is 4.79 Å². The normalized spacial score (nSPS) is 10.8. The van der Waals surface area contributed by atoms with Gasteiger partial charge in [0, 0.05) is 23.1 Å². The monoisotopic (exact) mass is 433 g/mol. The standard InChI is InChI=1S/C27H31NO4/c1-20(2)27(30)32-16-10-5-4-9-15-31-23-13-14-24-21(3)17-26(29)28(25(24)18-23)19-22-11-7-6-8-12-22/h6-8,11-14,17-18H,1,4-5,9-10,15-16,19H2,2-3H3. The number of nitrogens with zero attached hydrogens (tertiary/aromatic N) is 1. The quantitative estimate of drug-likeness (QED) is 0.230. The number of aryl methyl sites for hydroxylation is 1. The van der Waals surface area contributed by atoms with Gasteiger partial charge in [0.2, 0.25) is 0 Å². The topological polar surface area (TPSA) is 57.5 Å². The van der Waals surface area contributed by atoms with Crippen LogP contribution in [0.4, 0.5) is 0 Å². The number of pyridine rings is 1. The summed E-state index contributed by atoms with van der Waals surface area (Å²) in [5.41, 5.74) is 3.35. The molecule has 0 spiro atoms. The molecule has 2 aromatic carbocycles. The minimum atomic E-state index is -0.328. The number of carbonyl (C=O) groups excluding carboxylic acids is 1. The van der Waals surface area contributed by atoms with Crippen LogP contribution in [0.3, 0.4) is 0 Å². The molecule has 1 aromatic heterocycles. The third-order valence-electron chi connectivity index (χ3n) is 5.36. The van der Waals surface area contributed by atoms with Crippen molar-refractivity contribution in [2.75, 3.05) is 13.2 Å². The summed E-state index contributed by atoms with van der Waals surface area (Å²) in [6.45, 7) is 8.73. The largest absolute Gasteiger partial charge is 0.494 e. The molecule has 0 bridgehead atoms. The Kier molecular flexibility index (Phi) is 8.26. The van der Waals surface area contributed by atoms with E-state index in [-0.39, 0.29) is 11.5 Å². The Morgan fingerprint density at radius 2 is 1.69 bits per heavy atom. The van der Waals surface area contributed by atoms with Gasteiger partial charge >= 0.3 is 5.97 Å². The molecule has 0 aliphatic heterocycles. The molecule has 0 aliphatic rings. The lowest BCUT2D eigenvalue weighted by Crippen LogP contribution is -2.21. The predicted molar refractivity (Wildman–Crippen MR) is 128 cm³/mol. The van der Waals surface area contributed by atoms with Crippen molar-refractivity contribution >= 4 is 16.9 Å². The van der Waals surface area contributed by atoms with Crippen molar-refractivity contribution < 1.29 is 14.3 Å². The highest BCUT2D eigenvalue weighted by Crippen LogP contribution is 2.23. The second-order valence-corrected chi connectivity index (χ2v) is 8.10. The highest BCUT2D eigenvalue weighted by molar-refractivity contribution is 5.86. The van der Waals surface area contributed by atoms with E-state index in [4.69, 9.17) is 9.47 Å². The summed E-state index contributed by atoms with van der Waals surface area (Å²) in [6.07, 6.45) is 3.72. The zero-order valence-corrected chi connectivity index (χ0v) is 18.9. The van der Waals surface area contributed by atoms with E-state index >= 15 is 0 Å². The lowest BCUT2D eigenvalue weighted by molar-refractivity contribution is -0.139. The number of hydrogen-bond donors (Lipinski definition) is 0. The van der Waals surface area contributed by atoms with Crippen LogP contribution in [-0.4, -0.2) is 23.8 Å². The van der Waals surface area contributed by atoms with Gasteiger partial charge < -0.3 is 14.0 Å². The molecule has 0 fully saturated rings. The van der Waals surface area contributed by atoms with Crippen LogP contribution in [0.1, 0.15) is 43.7 Å². The van der Waals surface area contributed by atoms with E-state index in [0.29, 0.717) is 25.3 Å². The molecule has 0 N–H and O–H groups in total. The highest BCUT2D eigenvalue weighted by atomic mass is 16.5. The first-order valence-corrected chi connectivity index (χ1v) is 11.1. The molecular weight excluding hydrogens is 402 g/mol. The molecule has 5 heteroatoms. The summed E-state index contributed by atoms with van der Waals surface area (Å²) < 4.78 is 12.9. The van der Waals surface area contributed by atoms with Gasteiger partial charge in [0.25, 0.3) is 5.56 Å². The van der Waals surface area contributed by atoms with Gasteiger partial charge in [0.05, 0.1) is 25.3 Å². The van der Waals surface area contributed by atoms with Crippen molar-refractivity contribution in [3.63, 3.8) is 0 Å². The van der Waals surface area contributed by atoms with Gasteiger partial charge in [-0.3, -0.25) is 4.79 Å². The first kappa shape index (κ1) is 23.3. The second-order valence-electron chi connectivity index (χ2n) is 8.10. The number of unbranched alkanes of at least 4 members (excludes halogenated alkanes) is 3. The average molecular weight is 434 g/mol. The number of hydrogen-bond acceptors (Lipinski definition) is 4. The van der Waals surface area contributed by atoms with Crippen molar-refractivity contribution in [1.29, 1.82) is 0 Å².